The smallest absolute Gasteiger partial charge is 0.340 e. The Morgan fingerprint density at radius 1 is 1.19 bits per heavy atom. The van der Waals surface area contributed by atoms with E-state index in [2.05, 4.69) is 9.88 Å². The lowest BCUT2D eigenvalue weighted by Crippen LogP contribution is -2.50. The van der Waals surface area contributed by atoms with Gasteiger partial charge in [0.15, 0.2) is 0 Å². The molecule has 2 bridgehead atoms. The highest BCUT2D eigenvalue weighted by molar-refractivity contribution is 6.17. The van der Waals surface area contributed by atoms with Gasteiger partial charge in [0, 0.05) is 28.4 Å². The second-order valence-electron chi connectivity index (χ2n) is 7.82. The van der Waals surface area contributed by atoms with Crippen LogP contribution in [-0.4, -0.2) is 54.6 Å². The van der Waals surface area contributed by atoms with Crippen molar-refractivity contribution in [2.45, 2.75) is 32.1 Å². The van der Waals surface area contributed by atoms with Crippen molar-refractivity contribution in [1.29, 1.82) is 0 Å². The molecular weight excluding hydrogens is 364 g/mol. The minimum Gasteiger partial charge on any atom is -0.494 e. The molecule has 1 N–H and O–H groups in total. The van der Waals surface area contributed by atoms with E-state index in [9.17, 15) is 4.79 Å². The third-order valence-corrected chi connectivity index (χ3v) is 6.32. The quantitative estimate of drug-likeness (QED) is 0.417. The summed E-state index contributed by atoms with van der Waals surface area (Å²) in [5.41, 5.74) is 1.69. The molecule has 3 fully saturated rings. The summed E-state index contributed by atoms with van der Waals surface area (Å²) in [6.07, 6.45) is 7.00. The van der Waals surface area contributed by atoms with Crippen molar-refractivity contribution in [3.8, 4) is 5.75 Å². The van der Waals surface area contributed by atoms with Crippen LogP contribution in [0.3, 0.4) is 0 Å². The van der Waals surface area contributed by atoms with E-state index in [1.807, 2.05) is 18.2 Å². The molecule has 0 atom stereocenters. The highest BCUT2D eigenvalue weighted by Crippen LogP contribution is 2.40. The Bertz CT molecular complexity index is 782. The SMILES string of the molecule is O=C(OCC12CCN(CC1)CC2)c1c[nH]c2ccc(OCCCCCl)cc12. The molecule has 5 nitrogen and oxygen atoms in total. The van der Waals surface area contributed by atoms with Crippen molar-refractivity contribution in [3.63, 3.8) is 0 Å². The number of esters is 1. The molecule has 0 saturated carbocycles. The van der Waals surface area contributed by atoms with Crippen LogP contribution >= 0.6 is 11.6 Å². The van der Waals surface area contributed by atoms with Gasteiger partial charge in [0.2, 0.25) is 0 Å². The summed E-state index contributed by atoms with van der Waals surface area (Å²) in [6.45, 7) is 4.56. The highest BCUT2D eigenvalue weighted by atomic mass is 35.5. The number of piperidine rings is 3. The topological polar surface area (TPSA) is 54.6 Å². The molecule has 5 rings (SSSR count). The molecule has 1 aromatic heterocycles. The second-order valence-corrected chi connectivity index (χ2v) is 8.20. The average Bonchev–Trinajstić information content (AvgIpc) is 3.14. The van der Waals surface area contributed by atoms with E-state index in [0.717, 1.165) is 68.4 Å². The Hall–Kier alpha value is -1.72. The number of hydrogen-bond donors (Lipinski definition) is 1. The number of nitrogens with one attached hydrogen (secondary N) is 1. The summed E-state index contributed by atoms with van der Waals surface area (Å²) in [5.74, 6) is 1.17. The van der Waals surface area contributed by atoms with Gasteiger partial charge in [-0.1, -0.05) is 0 Å². The van der Waals surface area contributed by atoms with Crippen LogP contribution in [-0.2, 0) is 4.74 Å². The monoisotopic (exact) mass is 390 g/mol. The predicted octanol–water partition coefficient (Wildman–Crippen LogP) is 4.21. The second kappa shape index (κ2) is 8.11. The predicted molar refractivity (Wildman–Crippen MR) is 107 cm³/mol. The number of unbranched alkanes of at least 4 members (excludes halogenated alkanes) is 1. The Morgan fingerprint density at radius 2 is 1.96 bits per heavy atom. The van der Waals surface area contributed by atoms with Gasteiger partial charge in [0.1, 0.15) is 5.75 Å². The molecule has 3 aliphatic heterocycles. The van der Waals surface area contributed by atoms with Crippen LogP contribution in [0.25, 0.3) is 10.9 Å². The van der Waals surface area contributed by atoms with Crippen molar-refractivity contribution in [2.24, 2.45) is 5.41 Å². The number of rotatable bonds is 8. The molecule has 2 aromatic rings. The maximum absolute atomic E-state index is 12.7. The standard InChI is InChI=1S/C21H27ClN2O3/c22-8-1-2-12-26-16-3-4-19-17(13-16)18(14-23-19)20(25)27-15-21-5-9-24(10-6-21)11-7-21/h3-4,13-14,23H,1-2,5-12,15H2. The zero-order valence-corrected chi connectivity index (χ0v) is 16.4. The number of ether oxygens (including phenoxy) is 2. The van der Waals surface area contributed by atoms with Crippen LogP contribution in [0.2, 0.25) is 0 Å². The molecule has 3 saturated heterocycles. The molecule has 0 amide bonds. The number of halogens is 1. The van der Waals surface area contributed by atoms with E-state index < -0.39 is 0 Å². The van der Waals surface area contributed by atoms with Crippen LogP contribution in [0.4, 0.5) is 0 Å². The maximum Gasteiger partial charge on any atom is 0.340 e. The molecule has 0 spiro atoms. The number of carbonyl (C=O) groups is 1. The average molecular weight is 391 g/mol. The zero-order chi connectivity index (χ0) is 18.7. The summed E-state index contributed by atoms with van der Waals surface area (Å²) in [4.78, 5) is 18.4. The van der Waals surface area contributed by atoms with Crippen molar-refractivity contribution >= 4 is 28.5 Å². The molecular formula is C21H27ClN2O3. The normalized spacial score (nSPS) is 24.3. The van der Waals surface area contributed by atoms with Gasteiger partial charge in [-0.2, -0.15) is 0 Å². The summed E-state index contributed by atoms with van der Waals surface area (Å²) in [6, 6.07) is 5.78. The first-order valence-corrected chi connectivity index (χ1v) is 10.4. The molecule has 1 aromatic carbocycles. The summed E-state index contributed by atoms with van der Waals surface area (Å²) < 4.78 is 11.6. The lowest BCUT2D eigenvalue weighted by molar-refractivity contribution is -0.0304. The number of nitrogens with zero attached hydrogens (tertiary/aromatic N) is 1. The molecule has 6 heteroatoms. The van der Waals surface area contributed by atoms with Crippen molar-refractivity contribution in [3.05, 3.63) is 30.0 Å². The number of fused-ring (bicyclic) bond motifs is 4. The van der Waals surface area contributed by atoms with E-state index in [4.69, 9.17) is 21.1 Å². The minimum absolute atomic E-state index is 0.188. The maximum atomic E-state index is 12.7. The molecule has 0 unspecified atom stereocenters. The largest absolute Gasteiger partial charge is 0.494 e. The summed E-state index contributed by atoms with van der Waals surface area (Å²) in [5, 5.41) is 0.853. The third-order valence-electron chi connectivity index (χ3n) is 6.05. The lowest BCUT2D eigenvalue weighted by atomic mass is 9.73. The summed E-state index contributed by atoms with van der Waals surface area (Å²) >= 11 is 5.70. The van der Waals surface area contributed by atoms with Gasteiger partial charge in [-0.05, 0) is 69.9 Å². The number of H-pyrrole nitrogens is 1. The van der Waals surface area contributed by atoms with Gasteiger partial charge < -0.3 is 19.4 Å². The Labute approximate surface area is 165 Å². The van der Waals surface area contributed by atoms with Gasteiger partial charge in [0.05, 0.1) is 18.8 Å². The number of benzene rings is 1. The Balaban J connectivity index is 1.41. The first-order valence-electron chi connectivity index (χ1n) is 9.89. The molecule has 146 valence electrons. The van der Waals surface area contributed by atoms with E-state index >= 15 is 0 Å². The number of hydrogen-bond acceptors (Lipinski definition) is 4. The van der Waals surface area contributed by atoms with Crippen molar-refractivity contribution in [1.82, 2.24) is 9.88 Å². The van der Waals surface area contributed by atoms with E-state index in [-0.39, 0.29) is 11.4 Å². The number of alkyl halides is 1. The Morgan fingerprint density at radius 3 is 2.70 bits per heavy atom. The van der Waals surface area contributed by atoms with E-state index in [1.165, 1.54) is 0 Å². The number of aromatic amines is 1. The van der Waals surface area contributed by atoms with Crippen molar-refractivity contribution < 1.29 is 14.3 Å². The Kier molecular flexibility index (Phi) is 5.60. The molecule has 27 heavy (non-hydrogen) atoms. The van der Waals surface area contributed by atoms with E-state index in [0.29, 0.717) is 24.7 Å². The molecule has 4 heterocycles. The van der Waals surface area contributed by atoms with Crippen LogP contribution in [0, 0.1) is 5.41 Å². The van der Waals surface area contributed by atoms with Gasteiger partial charge in [0.25, 0.3) is 0 Å². The van der Waals surface area contributed by atoms with Gasteiger partial charge in [-0.15, -0.1) is 11.6 Å². The molecule has 3 aliphatic rings. The molecule has 0 aliphatic carbocycles. The first kappa shape index (κ1) is 18.6. The van der Waals surface area contributed by atoms with Crippen LogP contribution in [0.5, 0.6) is 5.75 Å². The lowest BCUT2D eigenvalue weighted by Gasteiger charge is -2.47. The third kappa shape index (κ3) is 4.09. The highest BCUT2D eigenvalue weighted by Gasteiger charge is 2.40. The van der Waals surface area contributed by atoms with Gasteiger partial charge in [-0.25, -0.2) is 4.79 Å². The number of aromatic nitrogens is 1. The fourth-order valence-corrected chi connectivity index (χ4v) is 4.34. The van der Waals surface area contributed by atoms with Crippen LogP contribution < -0.4 is 4.74 Å². The fourth-order valence-electron chi connectivity index (χ4n) is 4.15. The van der Waals surface area contributed by atoms with Gasteiger partial charge in [-0.3, -0.25) is 0 Å². The van der Waals surface area contributed by atoms with E-state index in [1.54, 1.807) is 6.20 Å². The minimum atomic E-state index is -0.247. The first-order chi connectivity index (χ1) is 13.2. The van der Waals surface area contributed by atoms with Crippen molar-refractivity contribution in [2.75, 3.05) is 38.7 Å². The zero-order valence-electron chi connectivity index (χ0n) is 15.6. The van der Waals surface area contributed by atoms with Gasteiger partial charge >= 0.3 is 5.97 Å². The molecule has 0 radical (unpaired) electrons. The summed E-state index contributed by atoms with van der Waals surface area (Å²) in [7, 11) is 0. The van der Waals surface area contributed by atoms with Crippen LogP contribution in [0.1, 0.15) is 42.5 Å². The van der Waals surface area contributed by atoms with Crippen LogP contribution in [0.15, 0.2) is 24.4 Å². The fraction of sp³-hybridized carbons (Fsp3) is 0.571. The number of carbonyl (C=O) groups excluding carboxylic acids is 1.